The summed E-state index contributed by atoms with van der Waals surface area (Å²) in [6.07, 6.45) is 1.86. The minimum Gasteiger partial charge on any atom is -0.489 e. The fraction of sp³-hybridized carbons (Fsp3) is 0.184. The van der Waals surface area contributed by atoms with Gasteiger partial charge in [-0.3, -0.25) is 9.36 Å². The van der Waals surface area contributed by atoms with Crippen LogP contribution in [0.15, 0.2) is 125 Å². The van der Waals surface area contributed by atoms with Crippen molar-refractivity contribution in [2.45, 2.75) is 39.3 Å². The Kier molecular flexibility index (Phi) is 8.89. The van der Waals surface area contributed by atoms with Crippen molar-refractivity contribution in [3.05, 3.63) is 162 Å². The maximum atomic E-state index is 14.2. The highest BCUT2D eigenvalue weighted by Gasteiger charge is 2.35. The van der Waals surface area contributed by atoms with Gasteiger partial charge in [0.25, 0.3) is 5.56 Å². The van der Waals surface area contributed by atoms with Crippen LogP contribution in [-0.4, -0.2) is 17.1 Å². The number of hydrogen-bond acceptors (Lipinski definition) is 6. The molecule has 1 atom stereocenters. The largest absolute Gasteiger partial charge is 0.489 e. The van der Waals surface area contributed by atoms with Crippen molar-refractivity contribution in [3.63, 3.8) is 0 Å². The Balaban J connectivity index is 1.45. The van der Waals surface area contributed by atoms with Gasteiger partial charge in [-0.05, 0) is 53.3 Å². The highest BCUT2D eigenvalue weighted by atomic mass is 32.1. The number of hydrogen-bond donors (Lipinski definition) is 0. The van der Waals surface area contributed by atoms with Crippen LogP contribution in [0.5, 0.6) is 5.75 Å². The second-order valence-electron chi connectivity index (χ2n) is 11.1. The third-order valence-electron chi connectivity index (χ3n) is 7.72. The smallest absolute Gasteiger partial charge is 0.338 e. The summed E-state index contributed by atoms with van der Waals surface area (Å²) in [5.41, 5.74) is 5.37. The lowest BCUT2D eigenvalue weighted by molar-refractivity contribution is -0.138. The second kappa shape index (κ2) is 13.3. The minimum absolute atomic E-state index is 0.207. The molecule has 0 aliphatic carbocycles. The van der Waals surface area contributed by atoms with Crippen molar-refractivity contribution >= 4 is 29.1 Å². The van der Waals surface area contributed by atoms with E-state index in [9.17, 15) is 9.59 Å². The van der Waals surface area contributed by atoms with Gasteiger partial charge in [-0.2, -0.15) is 0 Å². The Morgan fingerprint density at radius 3 is 2.22 bits per heavy atom. The molecule has 226 valence electrons. The van der Waals surface area contributed by atoms with E-state index >= 15 is 0 Å². The SMILES string of the molecule is CCOC(=O)C1=C(c2ccccc2)N=c2s/c(=C\c3ccc(OCc4ccccc4)cc3)c(=O)n2[C@@H]1c1ccc(C(C)C)cc1. The van der Waals surface area contributed by atoms with E-state index in [4.69, 9.17) is 14.5 Å². The zero-order chi connectivity index (χ0) is 31.3. The average Bonchev–Trinajstić information content (AvgIpc) is 3.38. The van der Waals surface area contributed by atoms with Gasteiger partial charge in [-0.25, -0.2) is 9.79 Å². The topological polar surface area (TPSA) is 69.9 Å². The van der Waals surface area contributed by atoms with Crippen LogP contribution in [0.2, 0.25) is 0 Å². The standard InChI is InChI=1S/C38H34N2O4S/c1-4-43-37(42)33-34(29-13-9-6-10-14-29)39-38-40(35(33)30-19-17-28(18-20-30)25(2)3)36(41)32(45-38)23-26-15-21-31(22-16-26)44-24-27-11-7-5-8-12-27/h5-23,25,35H,4,24H2,1-3H3/b32-23-/t35-/m1/s1. The van der Waals surface area contributed by atoms with Crippen molar-refractivity contribution in [1.82, 2.24) is 4.57 Å². The van der Waals surface area contributed by atoms with Gasteiger partial charge >= 0.3 is 5.97 Å². The van der Waals surface area contributed by atoms with E-state index in [2.05, 4.69) is 26.0 Å². The van der Waals surface area contributed by atoms with E-state index in [0.29, 0.717) is 33.1 Å². The number of nitrogens with zero attached hydrogens (tertiary/aromatic N) is 2. The number of carbonyl (C=O) groups excluding carboxylic acids is 1. The normalized spacial score (nSPS) is 14.7. The third kappa shape index (κ3) is 6.44. The fourth-order valence-corrected chi connectivity index (χ4v) is 6.37. The van der Waals surface area contributed by atoms with E-state index in [0.717, 1.165) is 28.0 Å². The van der Waals surface area contributed by atoms with Crippen LogP contribution in [0.25, 0.3) is 11.8 Å². The minimum atomic E-state index is -0.701. The molecule has 0 N–H and O–H groups in total. The summed E-state index contributed by atoms with van der Waals surface area (Å²) in [7, 11) is 0. The number of aromatic nitrogens is 1. The third-order valence-corrected chi connectivity index (χ3v) is 8.70. The Morgan fingerprint density at radius 1 is 0.911 bits per heavy atom. The summed E-state index contributed by atoms with van der Waals surface area (Å²) in [5, 5.41) is 0. The van der Waals surface area contributed by atoms with Gasteiger partial charge in [0.15, 0.2) is 4.80 Å². The highest BCUT2D eigenvalue weighted by Crippen LogP contribution is 2.35. The van der Waals surface area contributed by atoms with Gasteiger partial charge in [-0.15, -0.1) is 0 Å². The molecule has 4 aromatic carbocycles. The summed E-state index contributed by atoms with van der Waals surface area (Å²) < 4.78 is 13.7. The second-order valence-corrected chi connectivity index (χ2v) is 12.1. The number of carbonyl (C=O) groups is 1. The fourth-order valence-electron chi connectivity index (χ4n) is 5.37. The summed E-state index contributed by atoms with van der Waals surface area (Å²) in [5.74, 6) is 0.600. The molecule has 1 aliphatic rings. The van der Waals surface area contributed by atoms with Gasteiger partial charge in [0.2, 0.25) is 0 Å². The summed E-state index contributed by atoms with van der Waals surface area (Å²) in [6.45, 7) is 6.73. The van der Waals surface area contributed by atoms with Crippen LogP contribution < -0.4 is 19.6 Å². The van der Waals surface area contributed by atoms with Gasteiger partial charge < -0.3 is 9.47 Å². The zero-order valence-electron chi connectivity index (χ0n) is 25.5. The van der Waals surface area contributed by atoms with E-state index < -0.39 is 12.0 Å². The van der Waals surface area contributed by atoms with Gasteiger partial charge in [-0.1, -0.05) is 122 Å². The first-order valence-corrected chi connectivity index (χ1v) is 15.9. The molecule has 6 nitrogen and oxygen atoms in total. The summed E-state index contributed by atoms with van der Waals surface area (Å²) in [4.78, 5) is 33.3. The van der Waals surface area contributed by atoms with Gasteiger partial charge in [0.1, 0.15) is 12.4 Å². The molecule has 6 rings (SSSR count). The predicted octanol–water partition coefficient (Wildman–Crippen LogP) is 6.64. The molecule has 0 bridgehead atoms. The first-order chi connectivity index (χ1) is 21.9. The molecule has 5 aromatic rings. The Labute approximate surface area is 266 Å². The predicted molar refractivity (Wildman–Crippen MR) is 179 cm³/mol. The van der Waals surface area contributed by atoms with Crippen LogP contribution in [0, 0.1) is 0 Å². The number of rotatable bonds is 9. The van der Waals surface area contributed by atoms with Crippen molar-refractivity contribution in [2.24, 2.45) is 4.99 Å². The van der Waals surface area contributed by atoms with Crippen molar-refractivity contribution in [1.29, 1.82) is 0 Å². The van der Waals surface area contributed by atoms with Gasteiger partial charge in [0.05, 0.1) is 28.5 Å². The number of fused-ring (bicyclic) bond motifs is 1. The molecule has 0 saturated heterocycles. The number of benzene rings is 4. The molecule has 0 radical (unpaired) electrons. The van der Waals surface area contributed by atoms with E-state index in [1.807, 2.05) is 103 Å². The maximum Gasteiger partial charge on any atom is 0.338 e. The molecule has 1 aromatic heterocycles. The average molecular weight is 615 g/mol. The first-order valence-electron chi connectivity index (χ1n) is 15.1. The molecule has 0 saturated carbocycles. The molecular weight excluding hydrogens is 580 g/mol. The lowest BCUT2D eigenvalue weighted by atomic mass is 9.91. The van der Waals surface area contributed by atoms with Gasteiger partial charge in [0, 0.05) is 5.56 Å². The molecule has 0 amide bonds. The van der Waals surface area contributed by atoms with Crippen LogP contribution in [0.1, 0.15) is 60.5 Å². The van der Waals surface area contributed by atoms with Crippen molar-refractivity contribution in [3.8, 4) is 5.75 Å². The van der Waals surface area contributed by atoms with Crippen LogP contribution in [0.4, 0.5) is 0 Å². The van der Waals surface area contributed by atoms with Crippen LogP contribution in [0.3, 0.4) is 0 Å². The number of ether oxygens (including phenoxy) is 2. The summed E-state index contributed by atoms with van der Waals surface area (Å²) >= 11 is 1.31. The van der Waals surface area contributed by atoms with E-state index in [1.165, 1.54) is 16.9 Å². The molecule has 0 fully saturated rings. The quantitative estimate of drug-likeness (QED) is 0.175. The molecule has 0 spiro atoms. The number of thiazole rings is 1. The highest BCUT2D eigenvalue weighted by molar-refractivity contribution is 7.07. The molecular formula is C38H34N2O4S. The summed E-state index contributed by atoms with van der Waals surface area (Å²) in [6, 6.07) is 34.7. The van der Waals surface area contributed by atoms with Crippen LogP contribution >= 0.6 is 11.3 Å². The molecule has 0 unspecified atom stereocenters. The van der Waals surface area contributed by atoms with Crippen molar-refractivity contribution < 1.29 is 14.3 Å². The lowest BCUT2D eigenvalue weighted by Crippen LogP contribution is -2.40. The zero-order valence-corrected chi connectivity index (χ0v) is 26.3. The van der Waals surface area contributed by atoms with E-state index in [1.54, 1.807) is 11.5 Å². The Hall–Kier alpha value is -5.01. The lowest BCUT2D eigenvalue weighted by Gasteiger charge is -2.26. The van der Waals surface area contributed by atoms with Crippen molar-refractivity contribution in [2.75, 3.05) is 6.61 Å². The van der Waals surface area contributed by atoms with Crippen LogP contribution in [-0.2, 0) is 16.1 Å². The Bertz CT molecular complexity index is 2010. The first kappa shape index (κ1) is 30.0. The Morgan fingerprint density at radius 2 is 1.58 bits per heavy atom. The maximum absolute atomic E-state index is 14.2. The molecule has 2 heterocycles. The number of esters is 1. The molecule has 7 heteroatoms. The molecule has 1 aliphatic heterocycles. The monoisotopic (exact) mass is 614 g/mol. The molecule has 45 heavy (non-hydrogen) atoms. The van der Waals surface area contributed by atoms with E-state index in [-0.39, 0.29) is 12.2 Å².